The molecule has 0 aliphatic carbocycles. The Labute approximate surface area is 197 Å². The van der Waals surface area contributed by atoms with E-state index in [9.17, 15) is 14.9 Å². The van der Waals surface area contributed by atoms with Crippen LogP contribution >= 0.6 is 39.1 Å². The number of hydrogen-bond donors (Lipinski definition) is 1. The summed E-state index contributed by atoms with van der Waals surface area (Å²) in [6.45, 7) is 0. The van der Waals surface area contributed by atoms with Gasteiger partial charge in [-0.25, -0.2) is 4.79 Å². The summed E-state index contributed by atoms with van der Waals surface area (Å²) in [6.07, 6.45) is 1.32. The molecule has 0 aromatic heterocycles. The van der Waals surface area contributed by atoms with Crippen LogP contribution in [0.15, 0.2) is 76.8 Å². The number of anilines is 1. The first-order chi connectivity index (χ1) is 14.9. The average molecular weight is 516 g/mol. The second-order valence-corrected chi connectivity index (χ2v) is 7.89. The van der Waals surface area contributed by atoms with E-state index < -0.39 is 11.9 Å². The Morgan fingerprint density at radius 2 is 1.68 bits per heavy atom. The molecule has 0 aliphatic rings. The standard InChI is InChI=1S/C23H13BrCl2N2O3/c24-17-9-10-20(31-23(30)14-5-2-1-3-6-14)15(12-17)11-16(13-27)22(29)28-21-18(25)7-4-8-19(21)26/h1-12H,(H,28,29)/b16-11+. The largest absolute Gasteiger partial charge is 0.422 e. The molecule has 0 saturated carbocycles. The number of amides is 1. The second-order valence-electron chi connectivity index (χ2n) is 6.16. The minimum absolute atomic E-state index is 0.188. The summed E-state index contributed by atoms with van der Waals surface area (Å²) in [7, 11) is 0. The van der Waals surface area contributed by atoms with Crippen LogP contribution in [0.3, 0.4) is 0 Å². The van der Waals surface area contributed by atoms with Crippen molar-refractivity contribution >= 4 is 62.8 Å². The quantitative estimate of drug-likeness (QED) is 0.181. The normalized spacial score (nSPS) is 10.8. The number of halogens is 3. The molecule has 0 bridgehead atoms. The third-order valence-electron chi connectivity index (χ3n) is 4.05. The van der Waals surface area contributed by atoms with Gasteiger partial charge in [-0.3, -0.25) is 4.79 Å². The van der Waals surface area contributed by atoms with E-state index in [0.717, 1.165) is 0 Å². The monoisotopic (exact) mass is 514 g/mol. The van der Waals surface area contributed by atoms with Crippen molar-refractivity contribution in [3.63, 3.8) is 0 Å². The number of para-hydroxylation sites is 1. The number of nitriles is 1. The van der Waals surface area contributed by atoms with Gasteiger partial charge in [0.25, 0.3) is 5.91 Å². The number of hydrogen-bond acceptors (Lipinski definition) is 4. The molecule has 154 valence electrons. The first kappa shape index (κ1) is 22.6. The molecular weight excluding hydrogens is 503 g/mol. The van der Waals surface area contributed by atoms with Gasteiger partial charge in [-0.1, -0.05) is 63.4 Å². The average Bonchev–Trinajstić information content (AvgIpc) is 2.76. The maximum Gasteiger partial charge on any atom is 0.343 e. The summed E-state index contributed by atoms with van der Waals surface area (Å²) in [5, 5.41) is 12.5. The first-order valence-corrected chi connectivity index (χ1v) is 10.4. The van der Waals surface area contributed by atoms with E-state index in [2.05, 4.69) is 21.2 Å². The van der Waals surface area contributed by atoms with Crippen LogP contribution < -0.4 is 10.1 Å². The molecule has 3 rings (SSSR count). The molecule has 1 amide bonds. The summed E-state index contributed by atoms with van der Waals surface area (Å²) in [4.78, 5) is 25.1. The molecule has 1 N–H and O–H groups in total. The zero-order valence-electron chi connectivity index (χ0n) is 15.7. The van der Waals surface area contributed by atoms with E-state index in [1.807, 2.05) is 6.07 Å². The Kier molecular flexibility index (Phi) is 7.48. The lowest BCUT2D eigenvalue weighted by Crippen LogP contribution is -2.14. The summed E-state index contributed by atoms with van der Waals surface area (Å²) in [5.74, 6) is -1.09. The Balaban J connectivity index is 1.91. The summed E-state index contributed by atoms with van der Waals surface area (Å²) < 4.78 is 6.15. The van der Waals surface area contributed by atoms with Gasteiger partial charge in [0, 0.05) is 10.0 Å². The molecule has 8 heteroatoms. The molecule has 0 saturated heterocycles. The lowest BCUT2D eigenvalue weighted by Gasteiger charge is -2.10. The topological polar surface area (TPSA) is 79.2 Å². The minimum atomic E-state index is -0.710. The van der Waals surface area contributed by atoms with Gasteiger partial charge in [-0.2, -0.15) is 5.26 Å². The van der Waals surface area contributed by atoms with Crippen molar-refractivity contribution in [2.24, 2.45) is 0 Å². The maximum absolute atomic E-state index is 12.7. The van der Waals surface area contributed by atoms with Crippen LogP contribution in [-0.4, -0.2) is 11.9 Å². The van der Waals surface area contributed by atoms with Crippen molar-refractivity contribution in [1.82, 2.24) is 0 Å². The Morgan fingerprint density at radius 1 is 1.00 bits per heavy atom. The number of nitrogens with one attached hydrogen (secondary N) is 1. The fourth-order valence-corrected chi connectivity index (χ4v) is 3.43. The Morgan fingerprint density at radius 3 is 2.32 bits per heavy atom. The number of carbonyl (C=O) groups excluding carboxylic acids is 2. The molecule has 5 nitrogen and oxygen atoms in total. The predicted molar refractivity (Wildman–Crippen MR) is 124 cm³/mol. The first-order valence-electron chi connectivity index (χ1n) is 8.83. The molecule has 0 heterocycles. The van der Waals surface area contributed by atoms with Crippen LogP contribution in [0.4, 0.5) is 5.69 Å². The zero-order chi connectivity index (χ0) is 22.4. The molecule has 3 aromatic carbocycles. The Hall–Kier alpha value is -3.11. The van der Waals surface area contributed by atoms with Crippen LogP contribution in [0.5, 0.6) is 5.75 Å². The molecule has 0 spiro atoms. The minimum Gasteiger partial charge on any atom is -0.422 e. The predicted octanol–water partition coefficient (Wildman–Crippen LogP) is 6.52. The summed E-state index contributed by atoms with van der Waals surface area (Å²) >= 11 is 15.5. The van der Waals surface area contributed by atoms with Gasteiger partial charge in [0.15, 0.2) is 0 Å². The van der Waals surface area contributed by atoms with E-state index in [4.69, 9.17) is 27.9 Å². The van der Waals surface area contributed by atoms with Crippen molar-refractivity contribution in [3.05, 3.63) is 97.9 Å². The number of benzene rings is 3. The second kappa shape index (κ2) is 10.3. The van der Waals surface area contributed by atoms with Crippen LogP contribution in [0, 0.1) is 11.3 Å². The van der Waals surface area contributed by atoms with Crippen LogP contribution in [0.2, 0.25) is 10.0 Å². The van der Waals surface area contributed by atoms with Crippen molar-refractivity contribution in [1.29, 1.82) is 5.26 Å². The molecular formula is C23H13BrCl2N2O3. The number of rotatable bonds is 5. The van der Waals surface area contributed by atoms with Gasteiger partial charge >= 0.3 is 5.97 Å². The van der Waals surface area contributed by atoms with E-state index in [1.165, 1.54) is 6.08 Å². The van der Waals surface area contributed by atoms with E-state index in [1.54, 1.807) is 66.7 Å². The summed E-state index contributed by atoms with van der Waals surface area (Å²) in [5.41, 5.74) is 0.690. The molecule has 31 heavy (non-hydrogen) atoms. The molecule has 3 aromatic rings. The molecule has 0 radical (unpaired) electrons. The smallest absolute Gasteiger partial charge is 0.343 e. The fraction of sp³-hybridized carbons (Fsp3) is 0. The summed E-state index contributed by atoms with van der Waals surface area (Å²) in [6, 6.07) is 20.0. The zero-order valence-corrected chi connectivity index (χ0v) is 18.8. The lowest BCUT2D eigenvalue weighted by molar-refractivity contribution is -0.112. The molecule has 0 fully saturated rings. The highest BCUT2D eigenvalue weighted by molar-refractivity contribution is 9.10. The SMILES string of the molecule is N#C/C(=C\c1cc(Br)ccc1OC(=O)c1ccccc1)C(=O)Nc1c(Cl)cccc1Cl. The van der Waals surface area contributed by atoms with Gasteiger partial charge in [0.2, 0.25) is 0 Å². The van der Waals surface area contributed by atoms with E-state index in [0.29, 0.717) is 15.6 Å². The highest BCUT2D eigenvalue weighted by Gasteiger charge is 2.16. The molecule has 0 atom stereocenters. The van der Waals surface area contributed by atoms with E-state index >= 15 is 0 Å². The lowest BCUT2D eigenvalue weighted by atomic mass is 10.1. The maximum atomic E-state index is 12.7. The van der Waals surface area contributed by atoms with Crippen molar-refractivity contribution in [3.8, 4) is 11.8 Å². The van der Waals surface area contributed by atoms with Crippen LogP contribution in [0.1, 0.15) is 15.9 Å². The fourth-order valence-electron chi connectivity index (χ4n) is 2.56. The number of nitrogens with zero attached hydrogens (tertiary/aromatic N) is 1. The van der Waals surface area contributed by atoms with Crippen molar-refractivity contribution in [2.75, 3.05) is 5.32 Å². The highest BCUT2D eigenvalue weighted by atomic mass is 79.9. The van der Waals surface area contributed by atoms with Gasteiger partial charge < -0.3 is 10.1 Å². The number of esters is 1. The van der Waals surface area contributed by atoms with Gasteiger partial charge in [0.05, 0.1) is 21.3 Å². The van der Waals surface area contributed by atoms with Crippen molar-refractivity contribution < 1.29 is 14.3 Å². The van der Waals surface area contributed by atoms with Gasteiger partial charge in [0.1, 0.15) is 17.4 Å². The number of carbonyl (C=O) groups is 2. The third-order valence-corrected chi connectivity index (χ3v) is 5.17. The molecule has 0 unspecified atom stereocenters. The molecule has 0 aliphatic heterocycles. The van der Waals surface area contributed by atoms with Gasteiger partial charge in [-0.15, -0.1) is 0 Å². The van der Waals surface area contributed by atoms with Crippen LogP contribution in [-0.2, 0) is 4.79 Å². The van der Waals surface area contributed by atoms with Crippen molar-refractivity contribution in [2.45, 2.75) is 0 Å². The van der Waals surface area contributed by atoms with E-state index in [-0.39, 0.29) is 27.1 Å². The van der Waals surface area contributed by atoms with Crippen LogP contribution in [0.25, 0.3) is 6.08 Å². The third kappa shape index (κ3) is 5.74. The highest BCUT2D eigenvalue weighted by Crippen LogP contribution is 2.31. The number of ether oxygens (including phenoxy) is 1. The van der Waals surface area contributed by atoms with Gasteiger partial charge in [-0.05, 0) is 48.5 Å². The Bertz CT molecular complexity index is 1200.